The molecule has 2 heterocycles. The van der Waals surface area contributed by atoms with Crippen LogP contribution in [0.25, 0.3) is 0 Å². The summed E-state index contributed by atoms with van der Waals surface area (Å²) in [7, 11) is 0. The van der Waals surface area contributed by atoms with E-state index in [1.807, 2.05) is 60.7 Å². The molecule has 4 rings (SSSR count). The molecule has 2 aliphatic rings. The number of nitrogens with zero attached hydrogens (tertiary/aromatic N) is 4. The molecule has 6 nitrogen and oxygen atoms in total. The van der Waals surface area contributed by atoms with E-state index in [0.717, 1.165) is 0 Å². The summed E-state index contributed by atoms with van der Waals surface area (Å²) < 4.78 is 0.488. The van der Waals surface area contributed by atoms with Crippen molar-refractivity contribution in [2.75, 3.05) is 10.0 Å². The zero-order valence-corrected chi connectivity index (χ0v) is 16.9. The Hall–Kier alpha value is -3.06. The number of hydrogen-bond acceptors (Lipinski definition) is 4. The molecule has 0 saturated heterocycles. The molecule has 28 heavy (non-hydrogen) atoms. The van der Waals surface area contributed by atoms with Gasteiger partial charge in [0.25, 0.3) is 11.8 Å². The third-order valence-electron chi connectivity index (χ3n) is 4.64. The number of amides is 2. The third-order valence-corrected chi connectivity index (χ3v) is 5.50. The van der Waals surface area contributed by atoms with Gasteiger partial charge in [-0.3, -0.25) is 9.59 Å². The lowest BCUT2D eigenvalue weighted by atomic mass is 9.98. The molecule has 0 aromatic heterocycles. The van der Waals surface area contributed by atoms with E-state index in [4.69, 9.17) is 0 Å². The van der Waals surface area contributed by atoms with Gasteiger partial charge in [-0.25, -0.2) is 0 Å². The fraction of sp³-hybridized carbons (Fsp3) is 0.143. The van der Waals surface area contributed by atoms with Gasteiger partial charge in [0.05, 0.1) is 28.4 Å². The van der Waals surface area contributed by atoms with E-state index in [1.165, 1.54) is 10.0 Å². The molecule has 2 aromatic carbocycles. The Balaban J connectivity index is 1.69. The summed E-state index contributed by atoms with van der Waals surface area (Å²) in [6, 6.07) is 18.4. The summed E-state index contributed by atoms with van der Waals surface area (Å²) in [5.74, 6) is -1.13. The molecule has 0 radical (unpaired) electrons. The van der Waals surface area contributed by atoms with Crippen molar-refractivity contribution in [2.24, 2.45) is 16.1 Å². The second-order valence-electron chi connectivity index (χ2n) is 6.52. The van der Waals surface area contributed by atoms with E-state index in [-0.39, 0.29) is 11.8 Å². The van der Waals surface area contributed by atoms with E-state index in [9.17, 15) is 9.59 Å². The molecule has 0 spiro atoms. The molecular weight excluding hydrogens is 420 g/mol. The monoisotopic (exact) mass is 436 g/mol. The Morgan fingerprint density at radius 3 is 1.96 bits per heavy atom. The fourth-order valence-corrected chi connectivity index (χ4v) is 4.26. The Bertz CT molecular complexity index is 1040. The molecule has 0 fully saturated rings. The maximum Gasteiger partial charge on any atom is 0.281 e. The Morgan fingerprint density at radius 2 is 1.39 bits per heavy atom. The standard InChI is InChI=1S/C21H17BrN4O2/c1-13-17(20(27)25(23-13)15-9-5-3-6-10-15)19(22)18-14(2)24-26(21(18)28)16-11-7-4-8-12-16/h3-12,17H,1-2H3/b19-18-/t17-/m1/s1. The van der Waals surface area contributed by atoms with Gasteiger partial charge in [0, 0.05) is 4.48 Å². The summed E-state index contributed by atoms with van der Waals surface area (Å²) >= 11 is 3.52. The molecule has 2 amide bonds. The minimum atomic E-state index is -0.653. The van der Waals surface area contributed by atoms with E-state index >= 15 is 0 Å². The van der Waals surface area contributed by atoms with E-state index < -0.39 is 5.92 Å². The van der Waals surface area contributed by atoms with Crippen LogP contribution in [0.1, 0.15) is 13.8 Å². The summed E-state index contributed by atoms with van der Waals surface area (Å²) in [6.07, 6.45) is 0. The van der Waals surface area contributed by atoms with Gasteiger partial charge in [-0.1, -0.05) is 52.3 Å². The maximum atomic E-state index is 13.1. The normalized spacial score (nSPS) is 21.2. The zero-order valence-electron chi connectivity index (χ0n) is 15.3. The zero-order chi connectivity index (χ0) is 19.8. The predicted molar refractivity (Wildman–Crippen MR) is 114 cm³/mol. The number of anilines is 2. The van der Waals surface area contributed by atoms with Crippen LogP contribution in [0.5, 0.6) is 0 Å². The summed E-state index contributed by atoms with van der Waals surface area (Å²) in [5, 5.41) is 11.5. The minimum absolute atomic E-state index is 0.207. The molecule has 0 unspecified atom stereocenters. The Kier molecular flexibility index (Phi) is 4.68. The number of hydrogen-bond donors (Lipinski definition) is 0. The second-order valence-corrected chi connectivity index (χ2v) is 7.38. The van der Waals surface area contributed by atoms with Crippen LogP contribution < -0.4 is 10.0 Å². The number of carbonyl (C=O) groups excluding carboxylic acids is 2. The van der Waals surface area contributed by atoms with Crippen LogP contribution >= 0.6 is 15.9 Å². The number of halogens is 1. The topological polar surface area (TPSA) is 65.3 Å². The van der Waals surface area contributed by atoms with Crippen LogP contribution in [0.2, 0.25) is 0 Å². The average Bonchev–Trinajstić information content (AvgIpc) is 3.17. The quantitative estimate of drug-likeness (QED) is 0.679. The lowest BCUT2D eigenvalue weighted by molar-refractivity contribution is -0.118. The van der Waals surface area contributed by atoms with Crippen LogP contribution in [0.4, 0.5) is 11.4 Å². The van der Waals surface area contributed by atoms with Gasteiger partial charge in [-0.05, 0) is 38.1 Å². The van der Waals surface area contributed by atoms with Crippen LogP contribution in [-0.4, -0.2) is 23.2 Å². The number of rotatable bonds is 3. The Morgan fingerprint density at radius 1 is 0.857 bits per heavy atom. The first kappa shape index (κ1) is 18.3. The van der Waals surface area contributed by atoms with Gasteiger partial charge >= 0.3 is 0 Å². The largest absolute Gasteiger partial charge is 0.281 e. The number of hydrazone groups is 2. The molecular formula is C21H17BrN4O2. The van der Waals surface area contributed by atoms with Gasteiger partial charge in [0.2, 0.25) is 0 Å². The number of para-hydroxylation sites is 2. The summed E-state index contributed by atoms with van der Waals surface area (Å²) in [4.78, 5) is 26.1. The lowest BCUT2D eigenvalue weighted by Gasteiger charge is -2.16. The molecule has 2 aromatic rings. The van der Waals surface area contributed by atoms with Crippen molar-refractivity contribution < 1.29 is 9.59 Å². The van der Waals surface area contributed by atoms with Crippen LogP contribution in [0, 0.1) is 5.92 Å². The molecule has 0 bridgehead atoms. The highest BCUT2D eigenvalue weighted by atomic mass is 79.9. The highest BCUT2D eigenvalue weighted by Gasteiger charge is 2.41. The molecule has 0 saturated carbocycles. The summed E-state index contributed by atoms with van der Waals surface area (Å²) in [5.41, 5.74) is 2.93. The van der Waals surface area contributed by atoms with E-state index in [1.54, 1.807) is 13.8 Å². The van der Waals surface area contributed by atoms with Gasteiger partial charge in [-0.15, -0.1) is 0 Å². The van der Waals surface area contributed by atoms with Crippen molar-refractivity contribution >= 4 is 50.5 Å². The van der Waals surface area contributed by atoms with Gasteiger partial charge < -0.3 is 0 Å². The molecule has 2 aliphatic heterocycles. The smallest absolute Gasteiger partial charge is 0.271 e. The number of benzene rings is 2. The predicted octanol–water partition coefficient (Wildman–Crippen LogP) is 4.10. The fourth-order valence-electron chi connectivity index (χ4n) is 3.28. The highest BCUT2D eigenvalue weighted by molar-refractivity contribution is 9.11. The lowest BCUT2D eigenvalue weighted by Crippen LogP contribution is -2.29. The minimum Gasteiger partial charge on any atom is -0.271 e. The molecule has 0 N–H and O–H groups in total. The molecule has 0 aliphatic carbocycles. The van der Waals surface area contributed by atoms with Crippen LogP contribution in [-0.2, 0) is 9.59 Å². The molecule has 1 atom stereocenters. The van der Waals surface area contributed by atoms with Crippen molar-refractivity contribution in [3.05, 3.63) is 70.7 Å². The van der Waals surface area contributed by atoms with Crippen LogP contribution in [0.3, 0.4) is 0 Å². The van der Waals surface area contributed by atoms with Gasteiger partial charge in [0.1, 0.15) is 5.92 Å². The molecule has 140 valence electrons. The van der Waals surface area contributed by atoms with Gasteiger partial charge in [-0.2, -0.15) is 20.2 Å². The van der Waals surface area contributed by atoms with Crippen molar-refractivity contribution in [1.29, 1.82) is 0 Å². The summed E-state index contributed by atoms with van der Waals surface area (Å²) in [6.45, 7) is 3.55. The van der Waals surface area contributed by atoms with E-state index in [2.05, 4.69) is 26.1 Å². The maximum absolute atomic E-state index is 13.1. The van der Waals surface area contributed by atoms with Crippen molar-refractivity contribution in [1.82, 2.24) is 0 Å². The van der Waals surface area contributed by atoms with Crippen molar-refractivity contribution in [3.63, 3.8) is 0 Å². The van der Waals surface area contributed by atoms with E-state index in [0.29, 0.717) is 32.9 Å². The first-order valence-electron chi connectivity index (χ1n) is 8.78. The van der Waals surface area contributed by atoms with Crippen LogP contribution in [0.15, 0.2) is 80.9 Å². The third kappa shape index (κ3) is 2.97. The van der Waals surface area contributed by atoms with Crippen molar-refractivity contribution in [3.8, 4) is 0 Å². The first-order chi connectivity index (χ1) is 13.5. The molecule has 7 heteroatoms. The second kappa shape index (κ2) is 7.16. The number of carbonyl (C=O) groups is 2. The van der Waals surface area contributed by atoms with Crippen molar-refractivity contribution in [2.45, 2.75) is 13.8 Å². The highest BCUT2D eigenvalue weighted by Crippen LogP contribution is 2.35. The van der Waals surface area contributed by atoms with Gasteiger partial charge in [0.15, 0.2) is 0 Å². The Labute approximate surface area is 171 Å². The first-order valence-corrected chi connectivity index (χ1v) is 9.57. The SMILES string of the molecule is CC1=NN(c2ccccc2)C(=O)/C1=C(\Br)[C@@H]1C(=O)N(c2ccccc2)N=C1C. The average molecular weight is 437 g/mol.